The zero-order valence-electron chi connectivity index (χ0n) is 23.1. The summed E-state index contributed by atoms with van der Waals surface area (Å²) in [5.41, 5.74) is 1.54. The quantitative estimate of drug-likeness (QED) is 0.501. The number of benzene rings is 2. The lowest BCUT2D eigenvalue weighted by Crippen LogP contribution is -2.52. The summed E-state index contributed by atoms with van der Waals surface area (Å²) >= 11 is 0. The van der Waals surface area contributed by atoms with E-state index in [9.17, 15) is 14.7 Å². The van der Waals surface area contributed by atoms with E-state index >= 15 is 0 Å². The van der Waals surface area contributed by atoms with Gasteiger partial charge in [-0.25, -0.2) is 4.79 Å². The van der Waals surface area contributed by atoms with Crippen LogP contribution in [-0.4, -0.2) is 65.4 Å². The molecular weight excluding hydrogens is 484 g/mol. The summed E-state index contributed by atoms with van der Waals surface area (Å²) in [6, 6.07) is 13.4. The lowest BCUT2D eigenvalue weighted by molar-refractivity contribution is -0.0227. The Balaban J connectivity index is 1.31. The number of carbonyl (C=O) groups excluding carboxylic acids is 2. The summed E-state index contributed by atoms with van der Waals surface area (Å²) in [5, 5.41) is 13.6. The molecule has 4 rings (SSSR count). The molecule has 1 fully saturated rings. The van der Waals surface area contributed by atoms with Gasteiger partial charge < -0.3 is 29.5 Å². The third-order valence-corrected chi connectivity index (χ3v) is 6.95. The molecule has 38 heavy (non-hydrogen) atoms. The highest BCUT2D eigenvalue weighted by molar-refractivity contribution is 6.00. The summed E-state index contributed by atoms with van der Waals surface area (Å²) in [7, 11) is 0. The zero-order chi connectivity index (χ0) is 27.5. The molecule has 1 spiro atoms. The van der Waals surface area contributed by atoms with Crippen LogP contribution in [0.15, 0.2) is 42.5 Å². The Morgan fingerprint density at radius 3 is 2.45 bits per heavy atom. The van der Waals surface area contributed by atoms with Crippen LogP contribution < -0.4 is 14.8 Å². The zero-order valence-corrected chi connectivity index (χ0v) is 23.1. The predicted molar refractivity (Wildman–Crippen MR) is 146 cm³/mol. The minimum Gasteiger partial charge on any atom is -0.491 e. The molecule has 2 heterocycles. The van der Waals surface area contributed by atoms with E-state index in [1.807, 2.05) is 32.9 Å². The molecule has 2 aromatic rings. The lowest BCUT2D eigenvalue weighted by atomic mass is 9.82. The molecule has 2 aliphatic heterocycles. The maximum Gasteiger partial charge on any atom is 0.410 e. The Morgan fingerprint density at radius 1 is 1.13 bits per heavy atom. The van der Waals surface area contributed by atoms with Gasteiger partial charge >= 0.3 is 6.09 Å². The van der Waals surface area contributed by atoms with Crippen LogP contribution in [0.2, 0.25) is 0 Å². The van der Waals surface area contributed by atoms with Crippen LogP contribution in [0.1, 0.15) is 75.7 Å². The van der Waals surface area contributed by atoms with Gasteiger partial charge in [0.2, 0.25) is 0 Å². The van der Waals surface area contributed by atoms with Gasteiger partial charge in [-0.2, -0.15) is 0 Å². The molecule has 0 radical (unpaired) electrons. The van der Waals surface area contributed by atoms with E-state index in [1.165, 1.54) is 5.56 Å². The van der Waals surface area contributed by atoms with Crippen LogP contribution in [0.25, 0.3) is 0 Å². The monoisotopic (exact) mass is 524 g/mol. The molecule has 2 aromatic carbocycles. The molecule has 206 valence electrons. The number of Topliss-reactive ketones (excluding diaryl/α,β-unsaturated/α-hetero) is 1. The summed E-state index contributed by atoms with van der Waals surface area (Å²) < 4.78 is 17.7. The first kappa shape index (κ1) is 27.8. The smallest absolute Gasteiger partial charge is 0.410 e. The number of fused-ring (bicyclic) bond motifs is 1. The lowest BCUT2D eigenvalue weighted by Gasteiger charge is -2.44. The van der Waals surface area contributed by atoms with Crippen LogP contribution in [0.3, 0.4) is 0 Å². The largest absolute Gasteiger partial charge is 0.491 e. The van der Waals surface area contributed by atoms with Gasteiger partial charge in [-0.1, -0.05) is 26.0 Å². The van der Waals surface area contributed by atoms with Gasteiger partial charge in [0.1, 0.15) is 35.4 Å². The third kappa shape index (κ3) is 6.98. The summed E-state index contributed by atoms with van der Waals surface area (Å²) in [5.74, 6) is 1.51. The van der Waals surface area contributed by atoms with Crippen molar-refractivity contribution < 1.29 is 28.9 Å². The number of carbonyl (C=O) groups is 2. The third-order valence-electron chi connectivity index (χ3n) is 6.95. The van der Waals surface area contributed by atoms with E-state index in [4.69, 9.17) is 14.2 Å². The molecule has 1 saturated heterocycles. The number of rotatable bonds is 7. The van der Waals surface area contributed by atoms with Crippen molar-refractivity contribution in [3.05, 3.63) is 53.6 Å². The highest BCUT2D eigenvalue weighted by atomic mass is 16.6. The minimum atomic E-state index is -0.720. The topological polar surface area (TPSA) is 97.3 Å². The van der Waals surface area contributed by atoms with Gasteiger partial charge in [0.25, 0.3) is 0 Å². The number of nitrogens with zero attached hydrogens (tertiary/aromatic N) is 1. The molecule has 0 aromatic heterocycles. The predicted octanol–water partition coefficient (Wildman–Crippen LogP) is 5.40. The SMILES string of the molecule is CC(C)c1ccc(NCC(O)COc2ccc3c(c2)OC2(CCN(C(=O)OC(C)(C)C)CC2)CC3=O)cc1. The average Bonchev–Trinajstić information content (AvgIpc) is 2.85. The average molecular weight is 525 g/mol. The molecule has 0 saturated carbocycles. The van der Waals surface area contributed by atoms with E-state index in [-0.39, 0.29) is 24.9 Å². The fourth-order valence-corrected chi connectivity index (χ4v) is 4.74. The van der Waals surface area contributed by atoms with Gasteiger partial charge in [-0.05, 0) is 56.5 Å². The van der Waals surface area contributed by atoms with Crippen molar-refractivity contribution in [2.45, 2.75) is 77.1 Å². The summed E-state index contributed by atoms with van der Waals surface area (Å²) in [6.07, 6.45) is 0.314. The van der Waals surface area contributed by atoms with Gasteiger partial charge in [0.15, 0.2) is 5.78 Å². The van der Waals surface area contributed by atoms with Crippen molar-refractivity contribution in [3.8, 4) is 11.5 Å². The highest BCUT2D eigenvalue weighted by Gasteiger charge is 2.44. The molecular formula is C30H40N2O6. The number of hydrogen-bond acceptors (Lipinski definition) is 7. The molecule has 0 bridgehead atoms. The maximum atomic E-state index is 12.9. The number of aliphatic hydroxyl groups is 1. The van der Waals surface area contributed by atoms with Crippen molar-refractivity contribution in [1.29, 1.82) is 0 Å². The second-order valence-electron chi connectivity index (χ2n) is 11.6. The molecule has 0 aliphatic carbocycles. The van der Waals surface area contributed by atoms with E-state index in [1.54, 1.807) is 23.1 Å². The molecule has 2 aliphatic rings. The number of ketones is 1. The van der Waals surface area contributed by atoms with E-state index < -0.39 is 17.3 Å². The number of amides is 1. The fourth-order valence-electron chi connectivity index (χ4n) is 4.74. The molecule has 1 unspecified atom stereocenters. The van der Waals surface area contributed by atoms with Crippen LogP contribution in [0.4, 0.5) is 10.5 Å². The van der Waals surface area contributed by atoms with Crippen molar-refractivity contribution in [3.63, 3.8) is 0 Å². The van der Waals surface area contributed by atoms with Crippen molar-refractivity contribution >= 4 is 17.6 Å². The highest BCUT2D eigenvalue weighted by Crippen LogP contribution is 2.41. The molecule has 8 nitrogen and oxygen atoms in total. The Bertz CT molecular complexity index is 1130. The first-order valence-electron chi connectivity index (χ1n) is 13.4. The van der Waals surface area contributed by atoms with E-state index in [0.29, 0.717) is 55.5 Å². The van der Waals surface area contributed by atoms with Crippen LogP contribution in [0.5, 0.6) is 11.5 Å². The number of likely N-dealkylation sites (tertiary alicyclic amines) is 1. The Hall–Kier alpha value is -3.26. The normalized spacial score (nSPS) is 17.6. The summed E-state index contributed by atoms with van der Waals surface area (Å²) in [6.45, 7) is 11.2. The van der Waals surface area contributed by atoms with Crippen LogP contribution in [0, 0.1) is 0 Å². The molecule has 1 atom stereocenters. The van der Waals surface area contributed by atoms with Crippen molar-refractivity contribution in [2.75, 3.05) is 31.6 Å². The van der Waals surface area contributed by atoms with Gasteiger partial charge in [-0.3, -0.25) is 4.79 Å². The van der Waals surface area contributed by atoms with Crippen molar-refractivity contribution in [1.82, 2.24) is 4.90 Å². The van der Waals surface area contributed by atoms with E-state index in [2.05, 4.69) is 31.3 Å². The number of piperidine rings is 1. The first-order chi connectivity index (χ1) is 17.9. The maximum absolute atomic E-state index is 12.9. The number of ether oxygens (including phenoxy) is 3. The van der Waals surface area contributed by atoms with Crippen molar-refractivity contribution in [2.24, 2.45) is 0 Å². The van der Waals surface area contributed by atoms with Gasteiger partial charge in [-0.15, -0.1) is 0 Å². The number of hydrogen-bond donors (Lipinski definition) is 2. The van der Waals surface area contributed by atoms with E-state index in [0.717, 1.165) is 5.69 Å². The summed E-state index contributed by atoms with van der Waals surface area (Å²) in [4.78, 5) is 27.1. The second-order valence-corrected chi connectivity index (χ2v) is 11.6. The minimum absolute atomic E-state index is 0.0243. The Kier molecular flexibility index (Phi) is 8.21. The Morgan fingerprint density at radius 2 is 1.82 bits per heavy atom. The van der Waals surface area contributed by atoms with Gasteiger partial charge in [0, 0.05) is 44.2 Å². The second kappa shape index (κ2) is 11.2. The first-order valence-corrected chi connectivity index (χ1v) is 13.4. The number of nitrogens with one attached hydrogen (secondary N) is 1. The molecule has 8 heteroatoms. The van der Waals surface area contributed by atoms with Gasteiger partial charge in [0.05, 0.1) is 12.0 Å². The number of aliphatic hydroxyl groups excluding tert-OH is 1. The number of anilines is 1. The fraction of sp³-hybridized carbons (Fsp3) is 0.533. The Labute approximate surface area is 225 Å². The standard InChI is InChI=1S/C30H40N2O6/c1-20(2)21-6-8-22(9-7-21)31-18-23(33)19-36-24-10-11-25-26(34)17-30(37-27(25)16-24)12-14-32(15-13-30)28(35)38-29(3,4)5/h6-11,16,20,23,31,33H,12-15,17-19H2,1-5H3. The van der Waals surface area contributed by atoms with Crippen LogP contribution >= 0.6 is 0 Å². The molecule has 2 N–H and O–H groups in total. The molecule has 1 amide bonds. The van der Waals surface area contributed by atoms with Crippen LogP contribution in [-0.2, 0) is 4.74 Å².